The van der Waals surface area contributed by atoms with E-state index in [9.17, 15) is 9.59 Å². The summed E-state index contributed by atoms with van der Waals surface area (Å²) in [4.78, 5) is 31.0. The van der Waals surface area contributed by atoms with Crippen LogP contribution in [0.25, 0.3) is 0 Å². The van der Waals surface area contributed by atoms with Crippen molar-refractivity contribution >= 4 is 17.6 Å². The Hall–Kier alpha value is -2.89. The molecule has 2 heterocycles. The molecule has 6 nitrogen and oxygen atoms in total. The summed E-state index contributed by atoms with van der Waals surface area (Å²) in [6.45, 7) is 0.740. The molecule has 0 radical (unpaired) electrons. The molecule has 6 heteroatoms. The lowest BCUT2D eigenvalue weighted by Gasteiger charge is -2.24. The van der Waals surface area contributed by atoms with Crippen molar-refractivity contribution in [3.8, 4) is 0 Å². The first kappa shape index (κ1) is 16.6. The molecule has 26 heavy (non-hydrogen) atoms. The number of benzene rings is 1. The number of carbonyl (C=O) groups excluding carboxylic acids is 2. The molecule has 1 saturated carbocycles. The summed E-state index contributed by atoms with van der Waals surface area (Å²) in [5.41, 5.74) is 2.25. The maximum Gasteiger partial charge on any atom is 0.319 e. The number of nitrogens with zero attached hydrogens (tertiary/aromatic N) is 2. The molecular formula is C20H22N4O2. The van der Waals surface area contributed by atoms with Crippen LogP contribution in [-0.2, 0) is 0 Å². The predicted molar refractivity (Wildman–Crippen MR) is 98.9 cm³/mol. The van der Waals surface area contributed by atoms with Gasteiger partial charge in [0.25, 0.3) is 5.91 Å². The largest absolute Gasteiger partial charge is 0.335 e. The fraction of sp³-hybridized carbons (Fsp3) is 0.350. The third kappa shape index (κ3) is 3.69. The molecule has 4 rings (SSSR count). The van der Waals surface area contributed by atoms with Crippen molar-refractivity contribution in [2.24, 2.45) is 0 Å². The van der Waals surface area contributed by atoms with Gasteiger partial charge in [0.05, 0.1) is 11.7 Å². The van der Waals surface area contributed by atoms with Crippen LogP contribution >= 0.6 is 0 Å². The highest BCUT2D eigenvalue weighted by Crippen LogP contribution is 2.32. The number of hydrogen-bond acceptors (Lipinski definition) is 3. The van der Waals surface area contributed by atoms with Gasteiger partial charge in [0.1, 0.15) is 0 Å². The Kier molecular flexibility index (Phi) is 4.56. The number of anilines is 1. The van der Waals surface area contributed by atoms with Crippen molar-refractivity contribution in [2.75, 3.05) is 11.9 Å². The monoisotopic (exact) mass is 350 g/mol. The van der Waals surface area contributed by atoms with Gasteiger partial charge in [-0.2, -0.15) is 0 Å². The molecule has 0 spiro atoms. The van der Waals surface area contributed by atoms with Crippen LogP contribution in [0.1, 0.15) is 47.8 Å². The van der Waals surface area contributed by atoms with Crippen molar-refractivity contribution in [2.45, 2.75) is 37.8 Å². The number of urea groups is 1. The molecule has 3 amide bonds. The standard InChI is InChI=1S/C20H22N4O2/c25-19(24-13-3-5-18(24)17-4-1-2-12-21-17)14-6-8-15(9-7-14)22-20(26)23-16-10-11-16/h1-2,4,6-9,12,16,18H,3,5,10-11,13H2,(H2,22,23,26)/t18-/m0/s1. The average molecular weight is 350 g/mol. The molecule has 2 aromatic rings. The summed E-state index contributed by atoms with van der Waals surface area (Å²) in [6.07, 6.45) is 5.78. The second kappa shape index (κ2) is 7.15. The fourth-order valence-electron chi connectivity index (χ4n) is 3.33. The summed E-state index contributed by atoms with van der Waals surface area (Å²) in [6, 6.07) is 13.0. The van der Waals surface area contributed by atoms with E-state index < -0.39 is 0 Å². The zero-order valence-corrected chi connectivity index (χ0v) is 14.5. The van der Waals surface area contributed by atoms with Crippen molar-refractivity contribution in [1.29, 1.82) is 0 Å². The van der Waals surface area contributed by atoms with E-state index in [1.165, 1.54) is 0 Å². The van der Waals surface area contributed by atoms with Gasteiger partial charge in [-0.05, 0) is 62.1 Å². The van der Waals surface area contributed by atoms with Gasteiger partial charge in [-0.25, -0.2) is 4.79 Å². The van der Waals surface area contributed by atoms with Gasteiger partial charge in [-0.3, -0.25) is 9.78 Å². The van der Waals surface area contributed by atoms with Crippen LogP contribution in [0, 0.1) is 0 Å². The Morgan fingerprint density at radius 1 is 1.04 bits per heavy atom. The van der Waals surface area contributed by atoms with Gasteiger partial charge in [-0.1, -0.05) is 6.07 Å². The fourth-order valence-corrected chi connectivity index (χ4v) is 3.33. The topological polar surface area (TPSA) is 74.3 Å². The number of amides is 3. The lowest BCUT2D eigenvalue weighted by molar-refractivity contribution is 0.0733. The van der Waals surface area contributed by atoms with E-state index in [0.717, 1.165) is 37.9 Å². The highest BCUT2D eigenvalue weighted by atomic mass is 16.2. The summed E-state index contributed by atoms with van der Waals surface area (Å²) in [7, 11) is 0. The normalized spacial score (nSPS) is 19.2. The Labute approximate surface area is 152 Å². The van der Waals surface area contributed by atoms with Crippen LogP contribution in [0.4, 0.5) is 10.5 Å². The third-order valence-electron chi connectivity index (χ3n) is 4.85. The number of carbonyl (C=O) groups is 2. The minimum absolute atomic E-state index is 0.00661. The van der Waals surface area contributed by atoms with Crippen molar-refractivity contribution in [3.05, 3.63) is 59.9 Å². The number of aromatic nitrogens is 1. The second-order valence-electron chi connectivity index (χ2n) is 6.86. The number of likely N-dealkylation sites (tertiary alicyclic amines) is 1. The van der Waals surface area contributed by atoms with Crippen LogP contribution < -0.4 is 10.6 Å². The molecule has 2 N–H and O–H groups in total. The van der Waals surface area contributed by atoms with Gasteiger partial charge in [0.15, 0.2) is 0 Å². The van der Waals surface area contributed by atoms with E-state index in [1.54, 1.807) is 30.5 Å². The molecule has 2 aliphatic rings. The molecule has 1 aliphatic carbocycles. The summed E-state index contributed by atoms with van der Waals surface area (Å²) >= 11 is 0. The number of hydrogen-bond donors (Lipinski definition) is 2. The Balaban J connectivity index is 1.43. The molecule has 0 unspecified atom stereocenters. The maximum absolute atomic E-state index is 12.9. The van der Waals surface area contributed by atoms with E-state index in [-0.39, 0.29) is 18.0 Å². The molecule has 1 atom stereocenters. The van der Waals surface area contributed by atoms with Crippen LogP contribution in [0.15, 0.2) is 48.7 Å². The first-order valence-corrected chi connectivity index (χ1v) is 9.10. The van der Waals surface area contributed by atoms with E-state index >= 15 is 0 Å². The van der Waals surface area contributed by atoms with Crippen LogP contribution in [-0.4, -0.2) is 34.4 Å². The summed E-state index contributed by atoms with van der Waals surface area (Å²) < 4.78 is 0. The van der Waals surface area contributed by atoms with Crippen molar-refractivity contribution < 1.29 is 9.59 Å². The van der Waals surface area contributed by atoms with Gasteiger partial charge in [0, 0.05) is 30.0 Å². The number of rotatable bonds is 4. The molecule has 134 valence electrons. The van der Waals surface area contributed by atoms with E-state index in [0.29, 0.717) is 17.3 Å². The zero-order chi connectivity index (χ0) is 17.9. The van der Waals surface area contributed by atoms with Gasteiger partial charge < -0.3 is 15.5 Å². The Morgan fingerprint density at radius 3 is 2.54 bits per heavy atom. The minimum atomic E-state index is -0.193. The van der Waals surface area contributed by atoms with E-state index in [2.05, 4.69) is 15.6 Å². The SMILES string of the molecule is O=C(Nc1ccc(C(=O)N2CCC[C@H]2c2ccccn2)cc1)NC1CC1. The Bertz CT molecular complexity index is 787. The van der Waals surface area contributed by atoms with Gasteiger partial charge in [0.2, 0.25) is 0 Å². The van der Waals surface area contributed by atoms with Gasteiger partial charge in [-0.15, -0.1) is 0 Å². The van der Waals surface area contributed by atoms with Crippen LogP contribution in [0.5, 0.6) is 0 Å². The third-order valence-corrected chi connectivity index (χ3v) is 4.85. The molecule has 1 saturated heterocycles. The number of pyridine rings is 1. The molecule has 0 bridgehead atoms. The molecule has 1 aromatic heterocycles. The maximum atomic E-state index is 12.9. The van der Waals surface area contributed by atoms with Gasteiger partial charge >= 0.3 is 6.03 Å². The van der Waals surface area contributed by atoms with E-state index in [4.69, 9.17) is 0 Å². The van der Waals surface area contributed by atoms with Crippen molar-refractivity contribution in [1.82, 2.24) is 15.2 Å². The minimum Gasteiger partial charge on any atom is -0.335 e. The molecular weight excluding hydrogens is 328 g/mol. The average Bonchev–Trinajstić information content (AvgIpc) is 3.34. The second-order valence-corrected chi connectivity index (χ2v) is 6.86. The molecule has 1 aromatic carbocycles. The Morgan fingerprint density at radius 2 is 1.85 bits per heavy atom. The predicted octanol–water partition coefficient (Wildman–Crippen LogP) is 3.34. The smallest absolute Gasteiger partial charge is 0.319 e. The zero-order valence-electron chi connectivity index (χ0n) is 14.5. The summed E-state index contributed by atoms with van der Waals surface area (Å²) in [5, 5.41) is 5.67. The molecule has 2 fully saturated rings. The lowest BCUT2D eigenvalue weighted by Crippen LogP contribution is -2.31. The lowest BCUT2D eigenvalue weighted by atomic mass is 10.1. The van der Waals surface area contributed by atoms with Crippen LogP contribution in [0.2, 0.25) is 0 Å². The highest BCUT2D eigenvalue weighted by Gasteiger charge is 2.31. The highest BCUT2D eigenvalue weighted by molar-refractivity contribution is 5.96. The quantitative estimate of drug-likeness (QED) is 0.888. The van der Waals surface area contributed by atoms with Crippen molar-refractivity contribution in [3.63, 3.8) is 0 Å². The first-order valence-electron chi connectivity index (χ1n) is 9.10. The molecule has 1 aliphatic heterocycles. The summed E-state index contributed by atoms with van der Waals surface area (Å²) in [5.74, 6) is 0.00661. The first-order chi connectivity index (χ1) is 12.7. The van der Waals surface area contributed by atoms with E-state index in [1.807, 2.05) is 23.1 Å². The number of nitrogens with one attached hydrogen (secondary N) is 2. The van der Waals surface area contributed by atoms with Crippen LogP contribution in [0.3, 0.4) is 0 Å².